The van der Waals surface area contributed by atoms with Crippen LogP contribution in [0.3, 0.4) is 0 Å². The van der Waals surface area contributed by atoms with Crippen molar-refractivity contribution in [2.45, 2.75) is 65.0 Å². The summed E-state index contributed by atoms with van der Waals surface area (Å²) in [5.41, 5.74) is 5.44. The monoisotopic (exact) mass is 256 g/mol. The molecule has 3 N–H and O–H groups in total. The molecule has 1 rings (SSSR count). The lowest BCUT2D eigenvalue weighted by molar-refractivity contribution is -0.138. The van der Waals surface area contributed by atoms with E-state index in [-0.39, 0.29) is 17.4 Å². The van der Waals surface area contributed by atoms with Gasteiger partial charge in [-0.2, -0.15) is 0 Å². The van der Waals surface area contributed by atoms with Crippen LogP contribution < -0.4 is 5.73 Å². The molecular formula is C14H28N2O2. The molecule has 0 aromatic heterocycles. The van der Waals surface area contributed by atoms with Gasteiger partial charge in [0.2, 0.25) is 5.91 Å². The van der Waals surface area contributed by atoms with Gasteiger partial charge in [-0.15, -0.1) is 0 Å². The van der Waals surface area contributed by atoms with Crippen molar-refractivity contribution in [1.82, 2.24) is 4.90 Å². The van der Waals surface area contributed by atoms with Crippen molar-refractivity contribution in [3.8, 4) is 0 Å². The molecule has 18 heavy (non-hydrogen) atoms. The van der Waals surface area contributed by atoms with E-state index in [0.717, 1.165) is 25.8 Å². The number of rotatable bonds is 3. The van der Waals surface area contributed by atoms with Crippen molar-refractivity contribution < 1.29 is 9.90 Å². The number of likely N-dealkylation sites (tertiary alicyclic amines) is 1. The number of amides is 1. The maximum Gasteiger partial charge on any atom is 0.224 e. The van der Waals surface area contributed by atoms with Crippen LogP contribution in [0.25, 0.3) is 0 Å². The second kappa shape index (κ2) is 5.57. The van der Waals surface area contributed by atoms with Crippen molar-refractivity contribution >= 4 is 5.91 Å². The third-order valence-corrected chi connectivity index (χ3v) is 3.34. The van der Waals surface area contributed by atoms with Crippen molar-refractivity contribution in [2.75, 3.05) is 13.1 Å². The van der Waals surface area contributed by atoms with Gasteiger partial charge in [0.1, 0.15) is 0 Å². The van der Waals surface area contributed by atoms with Crippen molar-refractivity contribution in [2.24, 2.45) is 11.1 Å². The Hall–Kier alpha value is -0.610. The second-order valence-electron chi connectivity index (χ2n) is 7.14. The standard InChI is InChI=1S/C14H28N2O2/c1-13(2,3)9-11(15)8-12(17)16-7-5-6-14(4,18)10-16/h11,18H,5-10,15H2,1-4H3. The van der Waals surface area contributed by atoms with E-state index in [2.05, 4.69) is 20.8 Å². The van der Waals surface area contributed by atoms with E-state index in [1.54, 1.807) is 11.8 Å². The summed E-state index contributed by atoms with van der Waals surface area (Å²) in [4.78, 5) is 13.9. The molecule has 2 atom stereocenters. The SMILES string of the molecule is CC(C)(C)CC(N)CC(=O)N1CCCC(C)(O)C1. The molecule has 4 heteroatoms. The van der Waals surface area contributed by atoms with E-state index in [0.29, 0.717) is 13.0 Å². The molecule has 0 spiro atoms. The first kappa shape index (κ1) is 15.4. The molecule has 0 radical (unpaired) electrons. The summed E-state index contributed by atoms with van der Waals surface area (Å²) >= 11 is 0. The molecule has 0 aromatic carbocycles. The Kier molecular flexibility index (Phi) is 4.78. The summed E-state index contributed by atoms with van der Waals surface area (Å²) in [5, 5.41) is 9.99. The van der Waals surface area contributed by atoms with Crippen molar-refractivity contribution in [3.05, 3.63) is 0 Å². The number of carbonyl (C=O) groups is 1. The van der Waals surface area contributed by atoms with Crippen LogP contribution in [0, 0.1) is 5.41 Å². The minimum absolute atomic E-state index is 0.0757. The van der Waals surface area contributed by atoms with Crippen LogP contribution >= 0.6 is 0 Å². The Balaban J connectivity index is 2.45. The highest BCUT2D eigenvalue weighted by Gasteiger charge is 2.31. The van der Waals surface area contributed by atoms with Gasteiger partial charge in [0.15, 0.2) is 0 Å². The molecular weight excluding hydrogens is 228 g/mol. The van der Waals surface area contributed by atoms with Gasteiger partial charge in [0, 0.05) is 25.6 Å². The second-order valence-corrected chi connectivity index (χ2v) is 7.14. The fraction of sp³-hybridized carbons (Fsp3) is 0.929. The topological polar surface area (TPSA) is 66.6 Å². The molecule has 1 amide bonds. The van der Waals surface area contributed by atoms with E-state index in [4.69, 9.17) is 5.73 Å². The van der Waals surface area contributed by atoms with Gasteiger partial charge >= 0.3 is 0 Å². The number of hydrogen-bond donors (Lipinski definition) is 2. The summed E-state index contributed by atoms with van der Waals surface area (Å²) in [6.45, 7) is 9.36. The van der Waals surface area contributed by atoms with E-state index in [1.165, 1.54) is 0 Å². The van der Waals surface area contributed by atoms with Gasteiger partial charge < -0.3 is 15.7 Å². The number of carbonyl (C=O) groups excluding carboxylic acids is 1. The van der Waals surface area contributed by atoms with Crippen LogP contribution in [0.15, 0.2) is 0 Å². The van der Waals surface area contributed by atoms with E-state index < -0.39 is 5.60 Å². The van der Waals surface area contributed by atoms with Crippen molar-refractivity contribution in [1.29, 1.82) is 0 Å². The maximum atomic E-state index is 12.1. The third-order valence-electron chi connectivity index (χ3n) is 3.34. The van der Waals surface area contributed by atoms with Gasteiger partial charge in [0.05, 0.1) is 5.60 Å². The third kappa shape index (κ3) is 5.36. The van der Waals surface area contributed by atoms with Gasteiger partial charge in [-0.1, -0.05) is 20.8 Å². The van der Waals surface area contributed by atoms with E-state index in [1.807, 2.05) is 0 Å². The molecule has 1 fully saturated rings. The zero-order valence-corrected chi connectivity index (χ0v) is 12.2. The predicted octanol–water partition coefficient (Wildman–Crippen LogP) is 1.51. The highest BCUT2D eigenvalue weighted by molar-refractivity contribution is 5.77. The Morgan fingerprint density at radius 3 is 2.61 bits per heavy atom. The molecule has 1 aliphatic rings. The number of nitrogens with two attached hydrogens (primary N) is 1. The number of β-amino-alcohol motifs (C(OH)–C–C–N with tert-alkyl or cyclic N) is 1. The fourth-order valence-electron chi connectivity index (χ4n) is 2.65. The summed E-state index contributed by atoms with van der Waals surface area (Å²) in [6, 6.07) is -0.0932. The Bertz CT molecular complexity index is 295. The van der Waals surface area contributed by atoms with Gasteiger partial charge in [-0.05, 0) is 31.6 Å². The Labute approximate surface area is 111 Å². The molecule has 0 bridgehead atoms. The number of hydrogen-bond acceptors (Lipinski definition) is 3. The average molecular weight is 256 g/mol. The maximum absolute atomic E-state index is 12.1. The highest BCUT2D eigenvalue weighted by Crippen LogP contribution is 2.23. The summed E-state index contributed by atoms with van der Waals surface area (Å²) < 4.78 is 0. The van der Waals surface area contributed by atoms with Crippen LogP contribution in [0.4, 0.5) is 0 Å². The Morgan fingerprint density at radius 2 is 2.11 bits per heavy atom. The van der Waals surface area contributed by atoms with Gasteiger partial charge in [0.25, 0.3) is 0 Å². The molecule has 4 nitrogen and oxygen atoms in total. The number of aliphatic hydroxyl groups is 1. The fourth-order valence-corrected chi connectivity index (χ4v) is 2.65. The van der Waals surface area contributed by atoms with Crippen LogP contribution in [-0.4, -0.2) is 40.6 Å². The lowest BCUT2D eigenvalue weighted by atomic mass is 9.87. The summed E-state index contributed by atoms with van der Waals surface area (Å²) in [7, 11) is 0. The van der Waals surface area contributed by atoms with Gasteiger partial charge in [-0.3, -0.25) is 4.79 Å². The van der Waals surface area contributed by atoms with Crippen LogP contribution in [-0.2, 0) is 4.79 Å². The largest absolute Gasteiger partial charge is 0.388 e. The zero-order chi connectivity index (χ0) is 14.0. The molecule has 106 valence electrons. The predicted molar refractivity (Wildman–Crippen MR) is 73.1 cm³/mol. The molecule has 0 saturated carbocycles. The molecule has 1 heterocycles. The molecule has 0 aliphatic carbocycles. The Morgan fingerprint density at radius 1 is 1.50 bits per heavy atom. The molecule has 1 saturated heterocycles. The van der Waals surface area contributed by atoms with E-state index >= 15 is 0 Å². The summed E-state index contributed by atoms with van der Waals surface area (Å²) in [6.07, 6.45) is 2.86. The normalized spacial score (nSPS) is 27.1. The number of piperidine rings is 1. The van der Waals surface area contributed by atoms with Crippen molar-refractivity contribution in [3.63, 3.8) is 0 Å². The minimum Gasteiger partial charge on any atom is -0.388 e. The van der Waals surface area contributed by atoms with Crippen LogP contribution in [0.5, 0.6) is 0 Å². The first-order valence-corrected chi connectivity index (χ1v) is 6.85. The quantitative estimate of drug-likeness (QED) is 0.804. The van der Waals surface area contributed by atoms with Crippen LogP contribution in [0.2, 0.25) is 0 Å². The first-order chi connectivity index (χ1) is 8.09. The molecule has 0 aromatic rings. The van der Waals surface area contributed by atoms with Gasteiger partial charge in [-0.25, -0.2) is 0 Å². The van der Waals surface area contributed by atoms with E-state index in [9.17, 15) is 9.90 Å². The lowest BCUT2D eigenvalue weighted by Gasteiger charge is -2.37. The smallest absolute Gasteiger partial charge is 0.224 e. The summed E-state index contributed by atoms with van der Waals surface area (Å²) in [5.74, 6) is 0.0757. The molecule has 2 unspecified atom stereocenters. The lowest BCUT2D eigenvalue weighted by Crippen LogP contribution is -2.49. The minimum atomic E-state index is -0.734. The first-order valence-electron chi connectivity index (χ1n) is 6.85. The number of nitrogens with zero attached hydrogens (tertiary/aromatic N) is 1. The zero-order valence-electron chi connectivity index (χ0n) is 12.2. The molecule has 1 aliphatic heterocycles. The van der Waals surface area contributed by atoms with Crippen LogP contribution in [0.1, 0.15) is 53.4 Å². The average Bonchev–Trinajstić information content (AvgIpc) is 2.12. The highest BCUT2D eigenvalue weighted by atomic mass is 16.3.